The normalized spacial score (nSPS) is 11.3. The molecule has 0 unspecified atom stereocenters. The first-order chi connectivity index (χ1) is 14.0. The monoisotopic (exact) mass is 386 g/mol. The Morgan fingerprint density at radius 3 is 2.55 bits per heavy atom. The fourth-order valence-corrected chi connectivity index (χ4v) is 3.31. The molecule has 4 aromatic rings. The van der Waals surface area contributed by atoms with Crippen molar-refractivity contribution in [3.8, 4) is 11.3 Å². The van der Waals surface area contributed by atoms with E-state index < -0.39 is 0 Å². The summed E-state index contributed by atoms with van der Waals surface area (Å²) < 4.78 is 1.81. The van der Waals surface area contributed by atoms with E-state index in [1.807, 2.05) is 24.3 Å². The summed E-state index contributed by atoms with van der Waals surface area (Å²) in [4.78, 5) is 9.45. The number of rotatable bonds is 6. The molecule has 148 valence electrons. The van der Waals surface area contributed by atoms with Crippen molar-refractivity contribution in [2.75, 3.05) is 17.6 Å². The van der Waals surface area contributed by atoms with Crippen LogP contribution < -0.4 is 11.1 Å². The average molecular weight is 387 g/mol. The third-order valence-corrected chi connectivity index (χ3v) is 4.77. The lowest BCUT2D eigenvalue weighted by atomic mass is 10.1. The zero-order valence-corrected chi connectivity index (χ0v) is 17.1. The second kappa shape index (κ2) is 7.91. The van der Waals surface area contributed by atoms with Gasteiger partial charge in [0, 0.05) is 12.1 Å². The first-order valence-electron chi connectivity index (χ1n) is 9.90. The van der Waals surface area contributed by atoms with Gasteiger partial charge in [-0.15, -0.1) is 5.10 Å². The van der Waals surface area contributed by atoms with Crippen molar-refractivity contribution in [1.29, 1.82) is 0 Å². The molecule has 0 amide bonds. The Balaban J connectivity index is 1.85. The first kappa shape index (κ1) is 18.9. The fourth-order valence-electron chi connectivity index (χ4n) is 3.31. The molecule has 0 atom stereocenters. The Hall–Kier alpha value is -3.41. The topological polar surface area (TPSA) is 81.7 Å². The maximum absolute atomic E-state index is 6.54. The van der Waals surface area contributed by atoms with Gasteiger partial charge in [0.05, 0.1) is 17.6 Å². The molecule has 0 saturated heterocycles. The Labute approximate surface area is 170 Å². The predicted molar refractivity (Wildman–Crippen MR) is 119 cm³/mol. The van der Waals surface area contributed by atoms with Gasteiger partial charge in [0.25, 0.3) is 0 Å². The average Bonchev–Trinajstić information content (AvgIpc) is 3.02. The first-order valence-corrected chi connectivity index (χ1v) is 9.90. The summed E-state index contributed by atoms with van der Waals surface area (Å²) in [5, 5.41) is 8.82. The van der Waals surface area contributed by atoms with Crippen LogP contribution in [-0.4, -0.2) is 26.3 Å². The van der Waals surface area contributed by atoms with Gasteiger partial charge in [-0.1, -0.05) is 67.9 Å². The fraction of sp³-hybridized carbons (Fsp3) is 0.261. The summed E-state index contributed by atoms with van der Waals surface area (Å²) in [7, 11) is 0. The molecule has 2 aromatic carbocycles. The summed E-state index contributed by atoms with van der Waals surface area (Å²) in [5.41, 5.74) is 11.3. The molecule has 3 N–H and O–H groups in total. The number of aryl methyl sites for hydroxylation is 1. The molecule has 2 aromatic heterocycles. The highest BCUT2D eigenvalue weighted by Gasteiger charge is 2.18. The third kappa shape index (κ3) is 4.06. The van der Waals surface area contributed by atoms with E-state index in [1.54, 1.807) is 4.68 Å². The molecule has 0 spiro atoms. The van der Waals surface area contributed by atoms with E-state index in [1.165, 1.54) is 5.56 Å². The molecule has 0 fully saturated rings. The van der Waals surface area contributed by atoms with Gasteiger partial charge in [-0.2, -0.15) is 4.98 Å². The molecule has 0 aliphatic heterocycles. The molecule has 2 heterocycles. The van der Waals surface area contributed by atoms with Crippen molar-refractivity contribution in [3.05, 3.63) is 65.7 Å². The summed E-state index contributed by atoms with van der Waals surface area (Å²) in [6.07, 6.45) is 0. The summed E-state index contributed by atoms with van der Waals surface area (Å²) in [6.45, 7) is 7.76. The molecular formula is C23H26N6. The minimum absolute atomic E-state index is 0.484. The zero-order chi connectivity index (χ0) is 20.4. The molecule has 29 heavy (non-hydrogen) atoms. The largest absolute Gasteiger partial charge is 0.383 e. The van der Waals surface area contributed by atoms with Crippen molar-refractivity contribution in [1.82, 2.24) is 19.7 Å². The van der Waals surface area contributed by atoms with Crippen molar-refractivity contribution < 1.29 is 0 Å². The van der Waals surface area contributed by atoms with Crippen molar-refractivity contribution in [3.63, 3.8) is 0 Å². The van der Waals surface area contributed by atoms with Crippen LogP contribution in [0.5, 0.6) is 0 Å². The standard InChI is InChI=1S/C23H26N6/c1-15(2)13-25-23-26-20(18-11-7-8-16(3)12-18)19-21(24)29(28-22(19)27-23)14-17-9-5-4-6-10-17/h4-12,15H,13-14,24H2,1-3H3,(H,25,27,28). The summed E-state index contributed by atoms with van der Waals surface area (Å²) in [5.74, 6) is 1.64. The number of hydrogen-bond donors (Lipinski definition) is 2. The van der Waals surface area contributed by atoms with Gasteiger partial charge in [0.2, 0.25) is 5.95 Å². The molecular weight excluding hydrogens is 360 g/mol. The smallest absolute Gasteiger partial charge is 0.225 e. The molecule has 0 aliphatic rings. The molecule has 0 radical (unpaired) electrons. The number of nitrogens with two attached hydrogens (primary N) is 1. The van der Waals surface area contributed by atoms with E-state index >= 15 is 0 Å². The molecule has 6 nitrogen and oxygen atoms in total. The second-order valence-corrected chi connectivity index (χ2v) is 7.77. The lowest BCUT2D eigenvalue weighted by Crippen LogP contribution is -2.11. The van der Waals surface area contributed by atoms with Crippen LogP contribution in [0, 0.1) is 12.8 Å². The number of nitrogens with one attached hydrogen (secondary N) is 1. The molecule has 6 heteroatoms. The number of nitrogens with zero attached hydrogens (tertiary/aromatic N) is 4. The lowest BCUT2D eigenvalue weighted by Gasteiger charge is -2.10. The minimum atomic E-state index is 0.484. The zero-order valence-electron chi connectivity index (χ0n) is 17.1. The number of benzene rings is 2. The second-order valence-electron chi connectivity index (χ2n) is 7.77. The number of anilines is 2. The van der Waals surface area contributed by atoms with Gasteiger partial charge in [-0.25, -0.2) is 9.67 Å². The van der Waals surface area contributed by atoms with Crippen LogP contribution in [0.15, 0.2) is 54.6 Å². The van der Waals surface area contributed by atoms with Crippen LogP contribution in [0.2, 0.25) is 0 Å². The van der Waals surface area contributed by atoms with E-state index in [0.29, 0.717) is 29.9 Å². The maximum Gasteiger partial charge on any atom is 0.225 e. The van der Waals surface area contributed by atoms with Crippen LogP contribution in [0.4, 0.5) is 11.8 Å². The maximum atomic E-state index is 6.54. The third-order valence-electron chi connectivity index (χ3n) is 4.77. The molecule has 0 bridgehead atoms. The number of nitrogen functional groups attached to an aromatic ring is 1. The van der Waals surface area contributed by atoms with Gasteiger partial charge in [0.15, 0.2) is 5.65 Å². The van der Waals surface area contributed by atoms with Crippen molar-refractivity contribution >= 4 is 22.8 Å². The van der Waals surface area contributed by atoms with Crippen LogP contribution in [0.1, 0.15) is 25.0 Å². The predicted octanol–water partition coefficient (Wildman–Crippen LogP) is 4.50. The van der Waals surface area contributed by atoms with Crippen molar-refractivity contribution in [2.45, 2.75) is 27.3 Å². The minimum Gasteiger partial charge on any atom is -0.383 e. The van der Waals surface area contributed by atoms with Crippen LogP contribution in [-0.2, 0) is 6.54 Å². The molecule has 0 aliphatic carbocycles. The van der Waals surface area contributed by atoms with Gasteiger partial charge in [-0.3, -0.25) is 0 Å². The van der Waals surface area contributed by atoms with Gasteiger partial charge >= 0.3 is 0 Å². The number of aromatic nitrogens is 4. The summed E-state index contributed by atoms with van der Waals surface area (Å²) in [6, 6.07) is 18.4. The number of hydrogen-bond acceptors (Lipinski definition) is 5. The highest BCUT2D eigenvalue weighted by atomic mass is 15.3. The molecule has 4 rings (SSSR count). The van der Waals surface area contributed by atoms with Crippen LogP contribution in [0.3, 0.4) is 0 Å². The van der Waals surface area contributed by atoms with E-state index in [0.717, 1.165) is 28.8 Å². The number of fused-ring (bicyclic) bond motifs is 1. The van der Waals surface area contributed by atoms with E-state index in [4.69, 9.17) is 15.8 Å². The van der Waals surface area contributed by atoms with Gasteiger partial charge < -0.3 is 11.1 Å². The Morgan fingerprint density at radius 1 is 1.03 bits per heavy atom. The van der Waals surface area contributed by atoms with Crippen LogP contribution >= 0.6 is 0 Å². The van der Waals surface area contributed by atoms with Gasteiger partial charge in [-0.05, 0) is 24.5 Å². The van der Waals surface area contributed by atoms with E-state index in [2.05, 4.69) is 61.4 Å². The SMILES string of the molecule is Cc1cccc(-c2nc(NCC(C)C)nc3nn(Cc4ccccc4)c(N)c23)c1. The lowest BCUT2D eigenvalue weighted by molar-refractivity contribution is 0.684. The molecule has 0 saturated carbocycles. The quantitative estimate of drug-likeness (QED) is 0.510. The van der Waals surface area contributed by atoms with Crippen molar-refractivity contribution in [2.24, 2.45) is 5.92 Å². The Morgan fingerprint density at radius 2 is 1.83 bits per heavy atom. The highest BCUT2D eigenvalue weighted by molar-refractivity contribution is 5.99. The van der Waals surface area contributed by atoms with Gasteiger partial charge in [0.1, 0.15) is 5.82 Å². The highest BCUT2D eigenvalue weighted by Crippen LogP contribution is 2.32. The Kier molecular flexibility index (Phi) is 5.16. The Bertz CT molecular complexity index is 1130. The van der Waals surface area contributed by atoms with Crippen LogP contribution in [0.25, 0.3) is 22.3 Å². The summed E-state index contributed by atoms with van der Waals surface area (Å²) >= 11 is 0. The van der Waals surface area contributed by atoms with E-state index in [9.17, 15) is 0 Å². The van der Waals surface area contributed by atoms with E-state index in [-0.39, 0.29) is 0 Å².